The lowest BCUT2D eigenvalue weighted by atomic mass is 10.1. The van der Waals surface area contributed by atoms with Gasteiger partial charge in [-0.05, 0) is 73.5 Å². The fraction of sp³-hybridized carbons (Fsp3) is 0.267. The van der Waals surface area contributed by atoms with Crippen LogP contribution in [0.4, 0.5) is 5.69 Å². The summed E-state index contributed by atoms with van der Waals surface area (Å²) in [5, 5.41) is 0.719. The van der Waals surface area contributed by atoms with Gasteiger partial charge in [0.2, 0.25) is 0 Å². The number of ether oxygens (including phenoxy) is 2. The summed E-state index contributed by atoms with van der Waals surface area (Å²) in [6.45, 7) is 7.75. The van der Waals surface area contributed by atoms with Crippen LogP contribution < -0.4 is 9.47 Å². The molecule has 6 heteroatoms. The summed E-state index contributed by atoms with van der Waals surface area (Å²) in [5.74, 6) is 1.33. The summed E-state index contributed by atoms with van der Waals surface area (Å²) in [5.41, 5.74) is 4.00. The molecule has 1 aliphatic rings. The Bertz CT molecular complexity index is 1240. The third kappa shape index (κ3) is 6.58. The van der Waals surface area contributed by atoms with Crippen LogP contribution in [0.5, 0.6) is 11.5 Å². The van der Waals surface area contributed by atoms with Gasteiger partial charge in [0.15, 0.2) is 16.7 Å². The summed E-state index contributed by atoms with van der Waals surface area (Å²) in [6.07, 6.45) is 3.84. The van der Waals surface area contributed by atoms with Crippen molar-refractivity contribution in [1.82, 2.24) is 4.90 Å². The second-order valence-corrected chi connectivity index (χ2v) is 9.57. The molecule has 0 aliphatic carbocycles. The van der Waals surface area contributed by atoms with Gasteiger partial charge < -0.3 is 9.47 Å². The van der Waals surface area contributed by atoms with E-state index in [9.17, 15) is 4.79 Å². The maximum atomic E-state index is 13.3. The number of nitrogens with zero attached hydrogens (tertiary/aromatic N) is 2. The van der Waals surface area contributed by atoms with Crippen molar-refractivity contribution in [3.63, 3.8) is 0 Å². The smallest absolute Gasteiger partial charge is 0.266 e. The number of rotatable bonds is 10. The number of hydrogen-bond donors (Lipinski definition) is 0. The van der Waals surface area contributed by atoms with E-state index in [0.29, 0.717) is 36.2 Å². The highest BCUT2D eigenvalue weighted by Crippen LogP contribution is 2.36. The third-order valence-corrected chi connectivity index (χ3v) is 6.69. The summed E-state index contributed by atoms with van der Waals surface area (Å²) in [6, 6.07) is 23.8. The number of carbonyl (C=O) groups is 1. The van der Waals surface area contributed by atoms with Crippen LogP contribution in [-0.4, -0.2) is 29.1 Å². The first-order valence-electron chi connectivity index (χ1n) is 12.4. The van der Waals surface area contributed by atoms with Crippen LogP contribution in [0.15, 0.2) is 82.7 Å². The lowest BCUT2D eigenvalue weighted by Gasteiger charge is -2.15. The van der Waals surface area contributed by atoms with E-state index >= 15 is 0 Å². The quantitative estimate of drug-likeness (QED) is 0.273. The molecule has 1 fully saturated rings. The lowest BCUT2D eigenvalue weighted by Crippen LogP contribution is -2.30. The molecule has 0 unspecified atom stereocenters. The van der Waals surface area contributed by atoms with Crippen LogP contribution in [0, 0.1) is 6.92 Å². The average Bonchev–Trinajstić information content (AvgIpc) is 3.17. The lowest BCUT2D eigenvalue weighted by molar-refractivity contribution is -0.122. The third-order valence-electron chi connectivity index (χ3n) is 5.68. The normalized spacial score (nSPS) is 15.6. The molecule has 0 atom stereocenters. The molecule has 0 bridgehead atoms. The second kappa shape index (κ2) is 12.5. The Morgan fingerprint density at radius 3 is 2.44 bits per heavy atom. The summed E-state index contributed by atoms with van der Waals surface area (Å²) < 4.78 is 11.9. The van der Waals surface area contributed by atoms with Crippen molar-refractivity contribution in [2.24, 2.45) is 4.99 Å². The number of thioether (sulfide) groups is 1. The summed E-state index contributed by atoms with van der Waals surface area (Å²) >= 11 is 1.42. The maximum Gasteiger partial charge on any atom is 0.266 e. The first kappa shape index (κ1) is 25.6. The number of benzene rings is 3. The topological polar surface area (TPSA) is 51.1 Å². The van der Waals surface area contributed by atoms with Gasteiger partial charge in [0.1, 0.15) is 6.61 Å². The fourth-order valence-corrected chi connectivity index (χ4v) is 4.75. The number of amides is 1. The van der Waals surface area contributed by atoms with E-state index in [1.807, 2.05) is 92.7 Å². The van der Waals surface area contributed by atoms with Crippen LogP contribution in [0.2, 0.25) is 0 Å². The molecule has 5 nitrogen and oxygen atoms in total. The minimum Gasteiger partial charge on any atom is -0.490 e. The minimum atomic E-state index is -0.0123. The van der Waals surface area contributed by atoms with Crippen molar-refractivity contribution in [2.45, 2.75) is 40.2 Å². The molecule has 3 aromatic rings. The zero-order valence-electron chi connectivity index (χ0n) is 21.1. The molecular weight excluding hydrogens is 468 g/mol. The molecule has 1 amide bonds. The number of aryl methyl sites for hydroxylation is 1. The van der Waals surface area contributed by atoms with Crippen LogP contribution in [0.1, 0.15) is 43.4 Å². The molecule has 0 spiro atoms. The van der Waals surface area contributed by atoms with E-state index in [2.05, 4.69) is 6.92 Å². The van der Waals surface area contributed by atoms with Crippen molar-refractivity contribution < 1.29 is 14.3 Å². The summed E-state index contributed by atoms with van der Waals surface area (Å²) in [7, 11) is 0. The fourth-order valence-electron chi connectivity index (χ4n) is 3.72. The molecule has 0 N–H and O–H groups in total. The molecule has 0 radical (unpaired) electrons. The van der Waals surface area contributed by atoms with Crippen molar-refractivity contribution in [3.8, 4) is 11.5 Å². The van der Waals surface area contributed by atoms with Gasteiger partial charge in [-0.15, -0.1) is 0 Å². The van der Waals surface area contributed by atoms with Crippen LogP contribution in [0.25, 0.3) is 6.08 Å². The van der Waals surface area contributed by atoms with Crippen molar-refractivity contribution in [2.75, 3.05) is 13.2 Å². The number of amidine groups is 1. The molecule has 1 saturated heterocycles. The molecule has 36 heavy (non-hydrogen) atoms. The zero-order chi connectivity index (χ0) is 25.3. The molecule has 1 aliphatic heterocycles. The Kier molecular flexibility index (Phi) is 8.85. The van der Waals surface area contributed by atoms with Crippen molar-refractivity contribution >= 4 is 34.6 Å². The van der Waals surface area contributed by atoms with Crippen LogP contribution >= 0.6 is 11.8 Å². The number of hydrogen-bond acceptors (Lipinski definition) is 5. The van der Waals surface area contributed by atoms with Gasteiger partial charge in [-0.1, -0.05) is 67.4 Å². The van der Waals surface area contributed by atoms with E-state index in [4.69, 9.17) is 14.5 Å². The van der Waals surface area contributed by atoms with Crippen molar-refractivity contribution in [3.05, 3.63) is 94.4 Å². The Morgan fingerprint density at radius 1 is 0.944 bits per heavy atom. The van der Waals surface area contributed by atoms with Gasteiger partial charge in [0, 0.05) is 6.54 Å². The van der Waals surface area contributed by atoms with Gasteiger partial charge in [-0.25, -0.2) is 4.99 Å². The van der Waals surface area contributed by atoms with Gasteiger partial charge in [0.05, 0.1) is 17.2 Å². The van der Waals surface area contributed by atoms with E-state index in [1.54, 1.807) is 4.90 Å². The van der Waals surface area contributed by atoms with Gasteiger partial charge in [0.25, 0.3) is 5.91 Å². The highest BCUT2D eigenvalue weighted by atomic mass is 32.2. The Morgan fingerprint density at radius 2 is 1.72 bits per heavy atom. The minimum absolute atomic E-state index is 0.0123. The molecule has 0 aromatic heterocycles. The average molecular weight is 501 g/mol. The predicted octanol–water partition coefficient (Wildman–Crippen LogP) is 7.38. The van der Waals surface area contributed by atoms with Crippen LogP contribution in [0.3, 0.4) is 0 Å². The molecule has 186 valence electrons. The Labute approximate surface area is 217 Å². The standard InChI is InChI=1S/C30H32N2O3S/c1-4-6-18-32-29(33)28(36-30(32)31-25-15-12-22(3)13-16-25)20-24-14-17-26(27(19-24)34-5-2)35-21-23-10-8-7-9-11-23/h7-17,19-20H,4-6,18,21H2,1-3H3/b28-20+,31-30?. The molecular formula is C30H32N2O3S. The van der Waals surface area contributed by atoms with Gasteiger partial charge in [-0.2, -0.15) is 0 Å². The highest BCUT2D eigenvalue weighted by Gasteiger charge is 2.33. The summed E-state index contributed by atoms with van der Waals surface area (Å²) in [4.78, 5) is 20.5. The first-order chi connectivity index (χ1) is 17.6. The largest absolute Gasteiger partial charge is 0.490 e. The first-order valence-corrected chi connectivity index (χ1v) is 13.2. The Hall–Kier alpha value is -3.51. The molecule has 3 aromatic carbocycles. The van der Waals surface area contributed by atoms with E-state index in [-0.39, 0.29) is 5.91 Å². The van der Waals surface area contributed by atoms with E-state index < -0.39 is 0 Å². The van der Waals surface area contributed by atoms with Gasteiger partial charge in [-0.3, -0.25) is 9.69 Å². The SMILES string of the molecule is CCCCN1C(=O)/C(=C\c2ccc(OCc3ccccc3)c(OCC)c2)SC1=Nc1ccc(C)cc1. The maximum absolute atomic E-state index is 13.3. The number of carbonyl (C=O) groups excluding carboxylic acids is 1. The predicted molar refractivity (Wildman–Crippen MR) is 149 cm³/mol. The Balaban J connectivity index is 1.58. The number of unbranched alkanes of at least 4 members (excludes halogenated alkanes) is 1. The van der Waals surface area contributed by atoms with Crippen molar-refractivity contribution in [1.29, 1.82) is 0 Å². The number of aliphatic imine (C=N–C) groups is 1. The van der Waals surface area contributed by atoms with Crippen LogP contribution in [-0.2, 0) is 11.4 Å². The molecule has 4 rings (SSSR count). The second-order valence-electron chi connectivity index (χ2n) is 8.56. The molecule has 0 saturated carbocycles. The van der Waals surface area contributed by atoms with Gasteiger partial charge >= 0.3 is 0 Å². The van der Waals surface area contributed by atoms with E-state index in [0.717, 1.165) is 34.8 Å². The van der Waals surface area contributed by atoms with E-state index in [1.165, 1.54) is 17.3 Å². The highest BCUT2D eigenvalue weighted by molar-refractivity contribution is 8.18. The molecule has 1 heterocycles. The monoisotopic (exact) mass is 500 g/mol. The zero-order valence-corrected chi connectivity index (χ0v) is 21.9.